The highest BCUT2D eigenvalue weighted by atomic mass is 15.0. The molecule has 1 N–H and O–H groups in total. The van der Waals surface area contributed by atoms with Crippen LogP contribution in [0.1, 0.15) is 33.9 Å². The second kappa shape index (κ2) is 5.64. The third-order valence-corrected chi connectivity index (χ3v) is 25.7. The summed E-state index contributed by atoms with van der Waals surface area (Å²) in [5.41, 5.74) is 8.00. The molecule has 29 aromatic rings. The lowest BCUT2D eigenvalue weighted by Crippen LogP contribution is -2.51. The third kappa shape index (κ3) is 1.31. The van der Waals surface area contributed by atoms with Crippen molar-refractivity contribution in [3.8, 4) is 0 Å². The smallest absolute Gasteiger partial charge is 0.0572 e. The molecule has 1 heteroatoms. The van der Waals surface area contributed by atoms with Gasteiger partial charge >= 0.3 is 0 Å². The van der Waals surface area contributed by atoms with Crippen LogP contribution in [-0.2, 0) is 10.8 Å². The Bertz CT molecular complexity index is 7130. The van der Waals surface area contributed by atoms with Crippen LogP contribution in [0.2, 0.25) is 0 Å². The first-order valence-corrected chi connectivity index (χ1v) is 26.0. The average Bonchev–Trinajstić information content (AvgIpc) is 4.26. The number of hydrogen-bond acceptors (Lipinski definition) is 1. The summed E-state index contributed by atoms with van der Waals surface area (Å²) in [5, 5.41) is 95.0. The lowest BCUT2D eigenvalue weighted by molar-refractivity contribution is 0.359. The van der Waals surface area contributed by atoms with Crippen molar-refractivity contribution in [2.24, 2.45) is 0 Å². The lowest BCUT2D eigenvalue weighted by atomic mass is 9.47. The van der Waals surface area contributed by atoms with Crippen LogP contribution in [0.15, 0.2) is 30.3 Å². The molecule has 69 heavy (non-hydrogen) atoms. The Labute approximate surface area is 375 Å². The molecule has 0 bridgehead atoms. The Morgan fingerprint density at radius 2 is 0.420 bits per heavy atom. The number of benzene rings is 19. The second-order valence-corrected chi connectivity index (χ2v) is 25.7. The van der Waals surface area contributed by atoms with Crippen molar-refractivity contribution in [2.45, 2.75) is 16.9 Å². The van der Waals surface area contributed by atoms with E-state index in [9.17, 15) is 0 Å². The average molecular weight is 840 g/mol. The van der Waals surface area contributed by atoms with Gasteiger partial charge in [0, 0.05) is 12.6 Å². The zero-order chi connectivity index (χ0) is 40.6. The first-order valence-electron chi connectivity index (χ1n) is 26.0. The van der Waals surface area contributed by atoms with Crippen LogP contribution in [-0.4, -0.2) is 6.54 Å². The molecule has 1 saturated heterocycles. The quantitative estimate of drug-likeness (QED) is 0.162. The van der Waals surface area contributed by atoms with Crippen molar-refractivity contribution >= 4 is 291 Å². The van der Waals surface area contributed by atoms with Gasteiger partial charge in [-0.2, -0.15) is 0 Å². The maximum absolute atomic E-state index is 4.65. The summed E-state index contributed by atoms with van der Waals surface area (Å²) >= 11 is 0. The van der Waals surface area contributed by atoms with Gasteiger partial charge in [-0.25, -0.2) is 0 Å². The molecule has 1 nitrogen and oxygen atoms in total. The summed E-state index contributed by atoms with van der Waals surface area (Å²) in [6.07, 6.45) is 0. The van der Waals surface area contributed by atoms with Crippen LogP contribution in [0, 0.1) is 0 Å². The van der Waals surface area contributed by atoms with E-state index in [2.05, 4.69) is 35.6 Å². The van der Waals surface area contributed by atoms with Crippen LogP contribution >= 0.6 is 0 Å². The SMILES string of the molecule is c1ccc(C2NCC34c5c6c7c8c9c%10c(c%11c%12c3c3c5c5c%13c6c6c7c7c9c9c%14c%10c%10c%11c%11c%12c%12c3c3c5c5c%13c%13c6c6c7c9c7c9c%14c%10c%10c%11c%11c%12c3c3c5c5c%13c6c7c6c9c%10c%11c3c56)C824)cc1. The van der Waals surface area contributed by atoms with Gasteiger partial charge in [-0.05, 0) is 319 Å². The zero-order valence-electron chi connectivity index (χ0n) is 35.2. The molecule has 1 unspecified atom stereocenters. The molecule has 0 amide bonds. The van der Waals surface area contributed by atoms with E-state index >= 15 is 0 Å². The molecule has 2 spiro atoms. The Morgan fingerprint density at radius 1 is 0.232 bits per heavy atom. The second-order valence-electron chi connectivity index (χ2n) is 25.7. The molecule has 0 aromatic heterocycles. The largest absolute Gasteiger partial charge is 0.308 e. The Hall–Kier alpha value is -8.36. The Kier molecular flexibility index (Phi) is 2.06. The van der Waals surface area contributed by atoms with E-state index in [4.69, 9.17) is 0 Å². The van der Waals surface area contributed by atoms with E-state index in [1.807, 2.05) is 0 Å². The van der Waals surface area contributed by atoms with Gasteiger partial charge < -0.3 is 5.32 Å². The molecule has 0 saturated carbocycles. The van der Waals surface area contributed by atoms with Crippen molar-refractivity contribution in [1.29, 1.82) is 0 Å². The molecule has 29 aromatic carbocycles. The lowest BCUT2D eigenvalue weighted by Gasteiger charge is -2.52. The summed E-state index contributed by atoms with van der Waals surface area (Å²) < 4.78 is 0. The highest BCUT2D eigenvalue weighted by Gasteiger charge is 2.74. The van der Waals surface area contributed by atoms with Crippen LogP contribution in [0.4, 0.5) is 0 Å². The summed E-state index contributed by atoms with van der Waals surface area (Å²) in [5.74, 6) is 0. The number of hydrogen-bond donors (Lipinski definition) is 1. The van der Waals surface area contributed by atoms with Crippen molar-refractivity contribution in [1.82, 2.24) is 5.32 Å². The van der Waals surface area contributed by atoms with E-state index in [1.54, 1.807) is 313 Å². The van der Waals surface area contributed by atoms with Crippen molar-refractivity contribution in [3.63, 3.8) is 0 Å². The number of nitrogens with one attached hydrogen (secondary N) is 1. The van der Waals surface area contributed by atoms with Gasteiger partial charge in [-0.3, -0.25) is 0 Å². The minimum Gasteiger partial charge on any atom is -0.308 e. The standard InChI is InChI=1S/C68H9N/c1-2-4-7(5-3-1)66-68-64-58-52-42-30-22-14-10-8-9-12-16(14)24(30)34-28-20(12)21-13(9)17-15-11(8)19-18(10)26-32(22)40-46-36(26)37-27(19)33-23(15)31-25(17)35-29(21)39-38(28)50(44(34)52)60(64)61-51(39)45(35)53-43(31)49-41(33)47(37)55-54(46)62(56(58)48(40)42)67(68,6-69-66)63(55)57(49)59(53)65(61)68/h1-5,66,69H,6H2. The third-order valence-electron chi connectivity index (χ3n) is 25.7. The minimum absolute atomic E-state index is 0.148. The predicted molar refractivity (Wildman–Crippen MR) is 291 cm³/mol. The van der Waals surface area contributed by atoms with E-state index in [0.717, 1.165) is 6.54 Å². The number of rotatable bonds is 1. The molecule has 286 valence electrons. The first-order chi connectivity index (χ1) is 34.4. The molecule has 4 aliphatic carbocycles. The summed E-state index contributed by atoms with van der Waals surface area (Å²) in [6, 6.07) is 12.2. The molecule has 1 aliphatic heterocycles. The van der Waals surface area contributed by atoms with E-state index in [1.165, 1.54) is 5.56 Å². The monoisotopic (exact) mass is 839 g/mol. The van der Waals surface area contributed by atoms with Gasteiger partial charge in [0.05, 0.1) is 10.8 Å². The van der Waals surface area contributed by atoms with Gasteiger partial charge in [0.2, 0.25) is 0 Å². The fourth-order valence-electron chi connectivity index (χ4n) is 25.7. The van der Waals surface area contributed by atoms with E-state index in [0.29, 0.717) is 0 Å². The Morgan fingerprint density at radius 3 is 0.638 bits per heavy atom. The molecule has 5 aliphatic rings. The van der Waals surface area contributed by atoms with Gasteiger partial charge in [0.1, 0.15) is 0 Å². The van der Waals surface area contributed by atoms with Gasteiger partial charge in [0.15, 0.2) is 0 Å². The van der Waals surface area contributed by atoms with Crippen LogP contribution < -0.4 is 5.32 Å². The molecular weight excluding hydrogens is 831 g/mol. The van der Waals surface area contributed by atoms with Crippen LogP contribution in [0.5, 0.6) is 0 Å². The van der Waals surface area contributed by atoms with E-state index < -0.39 is 0 Å². The maximum atomic E-state index is 4.65. The van der Waals surface area contributed by atoms with Gasteiger partial charge in [0.25, 0.3) is 0 Å². The first kappa shape index (κ1) is 25.1. The van der Waals surface area contributed by atoms with Crippen LogP contribution in [0.3, 0.4) is 0 Å². The molecule has 0 radical (unpaired) electrons. The predicted octanol–water partition coefficient (Wildman–Crippen LogP) is 17.6. The maximum Gasteiger partial charge on any atom is 0.0572 e. The summed E-state index contributed by atoms with van der Waals surface area (Å²) in [4.78, 5) is 0. The highest BCUT2D eigenvalue weighted by molar-refractivity contribution is 6.82. The summed E-state index contributed by atoms with van der Waals surface area (Å²) in [6.45, 7) is 0.988. The molecule has 1 fully saturated rings. The fraction of sp³-hybridized carbons (Fsp3) is 0.0588. The summed E-state index contributed by atoms with van der Waals surface area (Å²) in [7, 11) is 0. The fourth-order valence-corrected chi connectivity index (χ4v) is 25.7. The molecular formula is C68H9N. The molecule has 1 atom stereocenters. The minimum atomic E-state index is -0.292. The molecule has 1 heterocycles. The molecule has 34 rings (SSSR count). The van der Waals surface area contributed by atoms with Crippen molar-refractivity contribution in [3.05, 3.63) is 58.1 Å². The Balaban J connectivity index is 1.20. The zero-order valence-corrected chi connectivity index (χ0v) is 35.2. The topological polar surface area (TPSA) is 12.0 Å². The van der Waals surface area contributed by atoms with Crippen molar-refractivity contribution < 1.29 is 0 Å². The van der Waals surface area contributed by atoms with Gasteiger partial charge in [-0.15, -0.1) is 0 Å². The highest BCUT2D eigenvalue weighted by Crippen LogP contribution is 2.86. The van der Waals surface area contributed by atoms with Crippen molar-refractivity contribution in [2.75, 3.05) is 6.54 Å². The van der Waals surface area contributed by atoms with E-state index in [-0.39, 0.29) is 16.9 Å². The van der Waals surface area contributed by atoms with Crippen LogP contribution in [0.25, 0.3) is 291 Å². The normalized spacial score (nSPS) is 23.8. The van der Waals surface area contributed by atoms with Gasteiger partial charge in [-0.1, -0.05) is 30.3 Å².